The Morgan fingerprint density at radius 2 is 2.30 bits per heavy atom. The van der Waals surface area contributed by atoms with Gasteiger partial charge in [-0.3, -0.25) is 4.79 Å². The summed E-state index contributed by atoms with van der Waals surface area (Å²) in [7, 11) is 1.60. The van der Waals surface area contributed by atoms with Crippen LogP contribution in [0.1, 0.15) is 26.2 Å². The molecule has 1 amide bonds. The van der Waals surface area contributed by atoms with Crippen LogP contribution in [-0.4, -0.2) is 32.3 Å². The molecule has 0 spiro atoms. The first-order chi connectivity index (χ1) is 9.72. The van der Waals surface area contributed by atoms with E-state index in [1.54, 1.807) is 25.3 Å². The van der Waals surface area contributed by atoms with Gasteiger partial charge in [0.2, 0.25) is 5.91 Å². The van der Waals surface area contributed by atoms with Gasteiger partial charge in [0.25, 0.3) is 0 Å². The van der Waals surface area contributed by atoms with E-state index < -0.39 is 0 Å². The fraction of sp³-hybridized carbons (Fsp3) is 0.533. The van der Waals surface area contributed by atoms with E-state index in [2.05, 4.69) is 5.32 Å². The third kappa shape index (κ3) is 3.87. The third-order valence-corrected chi connectivity index (χ3v) is 3.22. The fourth-order valence-corrected chi connectivity index (χ4v) is 2.08. The molecule has 2 rings (SSSR count). The van der Waals surface area contributed by atoms with Gasteiger partial charge >= 0.3 is 0 Å². The number of ether oxygens (including phenoxy) is 3. The van der Waals surface area contributed by atoms with Crippen molar-refractivity contribution in [1.82, 2.24) is 0 Å². The van der Waals surface area contributed by atoms with Crippen molar-refractivity contribution in [2.24, 2.45) is 0 Å². The number of methoxy groups -OCH3 is 1. The molecule has 1 heterocycles. The summed E-state index contributed by atoms with van der Waals surface area (Å²) in [6.45, 7) is 3.12. The van der Waals surface area contributed by atoms with Crippen LogP contribution in [0.25, 0.3) is 0 Å². The molecule has 1 aliphatic rings. The number of nitrogens with one attached hydrogen (secondary N) is 1. The third-order valence-electron chi connectivity index (χ3n) is 3.22. The molecule has 1 saturated heterocycles. The van der Waals surface area contributed by atoms with Crippen LogP contribution in [0.5, 0.6) is 11.5 Å². The first kappa shape index (κ1) is 14.7. The predicted octanol–water partition coefficient (Wildman–Crippen LogP) is 2.60. The van der Waals surface area contributed by atoms with Gasteiger partial charge in [0.15, 0.2) is 11.5 Å². The molecule has 0 unspecified atom stereocenters. The molecule has 1 N–H and O–H groups in total. The van der Waals surface area contributed by atoms with Crippen LogP contribution in [0.15, 0.2) is 18.2 Å². The number of rotatable bonds is 6. The van der Waals surface area contributed by atoms with Crippen molar-refractivity contribution >= 4 is 11.6 Å². The molecule has 0 bridgehead atoms. The smallest absolute Gasteiger partial charge is 0.224 e. The highest BCUT2D eigenvalue weighted by Gasteiger charge is 2.17. The average Bonchev–Trinajstić information content (AvgIpc) is 2.98. The van der Waals surface area contributed by atoms with Gasteiger partial charge in [0, 0.05) is 24.8 Å². The van der Waals surface area contributed by atoms with E-state index in [1.165, 1.54) is 0 Å². The minimum atomic E-state index is -0.0276. The lowest BCUT2D eigenvalue weighted by atomic mass is 10.2. The summed E-state index contributed by atoms with van der Waals surface area (Å²) in [6.07, 6.45) is 2.69. The second kappa shape index (κ2) is 7.14. The number of benzene rings is 1. The summed E-state index contributed by atoms with van der Waals surface area (Å²) in [6, 6.07) is 5.36. The minimum absolute atomic E-state index is 0.0276. The number of hydrogen-bond donors (Lipinski definition) is 1. The van der Waals surface area contributed by atoms with Crippen LogP contribution in [-0.2, 0) is 9.53 Å². The number of hydrogen-bond acceptors (Lipinski definition) is 4. The molecule has 0 aliphatic carbocycles. The summed E-state index contributed by atoms with van der Waals surface area (Å²) in [5.74, 6) is 1.25. The van der Waals surface area contributed by atoms with Crippen molar-refractivity contribution in [3.63, 3.8) is 0 Å². The van der Waals surface area contributed by atoms with Gasteiger partial charge in [-0.05, 0) is 25.0 Å². The van der Waals surface area contributed by atoms with Crippen LogP contribution >= 0.6 is 0 Å². The van der Waals surface area contributed by atoms with Gasteiger partial charge in [0.1, 0.15) is 6.61 Å². The van der Waals surface area contributed by atoms with E-state index >= 15 is 0 Å². The largest absolute Gasteiger partial charge is 0.493 e. The van der Waals surface area contributed by atoms with Crippen molar-refractivity contribution in [2.75, 3.05) is 25.6 Å². The molecule has 1 atom stereocenters. The lowest BCUT2D eigenvalue weighted by Gasteiger charge is -2.15. The fourth-order valence-electron chi connectivity index (χ4n) is 2.08. The predicted molar refractivity (Wildman–Crippen MR) is 76.4 cm³/mol. The molecule has 0 aromatic heterocycles. The molecule has 110 valence electrons. The van der Waals surface area contributed by atoms with Crippen LogP contribution < -0.4 is 14.8 Å². The summed E-state index contributed by atoms with van der Waals surface area (Å²) in [4.78, 5) is 11.4. The standard InChI is InChI=1S/C15H21NO4/c1-3-15(17)16-11-6-7-13(18-2)14(9-11)20-10-12-5-4-8-19-12/h6-7,9,12H,3-5,8,10H2,1-2H3,(H,16,17)/t12-/m0/s1. The van der Waals surface area contributed by atoms with E-state index in [1.807, 2.05) is 6.92 Å². The Bertz CT molecular complexity index is 455. The maximum Gasteiger partial charge on any atom is 0.224 e. The van der Waals surface area contributed by atoms with Gasteiger partial charge in [0.05, 0.1) is 13.2 Å². The van der Waals surface area contributed by atoms with E-state index in [0.717, 1.165) is 19.4 Å². The molecule has 20 heavy (non-hydrogen) atoms. The zero-order chi connectivity index (χ0) is 14.4. The maximum absolute atomic E-state index is 11.4. The Labute approximate surface area is 119 Å². The van der Waals surface area contributed by atoms with Gasteiger partial charge in [-0.1, -0.05) is 6.92 Å². The Morgan fingerprint density at radius 3 is 2.95 bits per heavy atom. The zero-order valence-corrected chi connectivity index (χ0v) is 12.0. The molecule has 1 aliphatic heterocycles. The first-order valence-corrected chi connectivity index (χ1v) is 6.95. The lowest BCUT2D eigenvalue weighted by molar-refractivity contribution is -0.115. The summed E-state index contributed by atoms with van der Waals surface area (Å²) < 4.78 is 16.6. The highest BCUT2D eigenvalue weighted by Crippen LogP contribution is 2.31. The van der Waals surface area contributed by atoms with Crippen LogP contribution in [0.3, 0.4) is 0 Å². The van der Waals surface area contributed by atoms with Crippen molar-refractivity contribution < 1.29 is 19.0 Å². The molecule has 0 saturated carbocycles. The van der Waals surface area contributed by atoms with Crippen LogP contribution in [0.2, 0.25) is 0 Å². The van der Waals surface area contributed by atoms with E-state index in [4.69, 9.17) is 14.2 Å². The molecule has 5 nitrogen and oxygen atoms in total. The van der Waals surface area contributed by atoms with Gasteiger partial charge in [-0.15, -0.1) is 0 Å². The minimum Gasteiger partial charge on any atom is -0.493 e. The van der Waals surface area contributed by atoms with E-state index in [-0.39, 0.29) is 12.0 Å². The number of amides is 1. The maximum atomic E-state index is 11.4. The molecule has 1 aromatic rings. The highest BCUT2D eigenvalue weighted by atomic mass is 16.5. The molecule has 5 heteroatoms. The van der Waals surface area contributed by atoms with Crippen LogP contribution in [0.4, 0.5) is 5.69 Å². The molecular weight excluding hydrogens is 258 g/mol. The Balaban J connectivity index is 2.03. The number of anilines is 1. The lowest BCUT2D eigenvalue weighted by Crippen LogP contribution is -2.16. The topological polar surface area (TPSA) is 56.8 Å². The second-order valence-electron chi connectivity index (χ2n) is 4.71. The zero-order valence-electron chi connectivity index (χ0n) is 12.0. The monoisotopic (exact) mass is 279 g/mol. The Hall–Kier alpha value is -1.75. The average molecular weight is 279 g/mol. The molecule has 1 fully saturated rings. The van der Waals surface area contributed by atoms with Crippen molar-refractivity contribution in [1.29, 1.82) is 0 Å². The number of carbonyl (C=O) groups is 1. The van der Waals surface area contributed by atoms with Crippen LogP contribution in [0, 0.1) is 0 Å². The summed E-state index contributed by atoms with van der Waals surface area (Å²) >= 11 is 0. The van der Waals surface area contributed by atoms with Gasteiger partial charge in [-0.2, -0.15) is 0 Å². The van der Waals surface area contributed by atoms with Gasteiger partial charge in [-0.25, -0.2) is 0 Å². The summed E-state index contributed by atoms with van der Waals surface area (Å²) in [5, 5.41) is 2.81. The van der Waals surface area contributed by atoms with Gasteiger partial charge < -0.3 is 19.5 Å². The van der Waals surface area contributed by atoms with E-state index in [9.17, 15) is 4.79 Å². The second-order valence-corrected chi connectivity index (χ2v) is 4.71. The normalized spacial score (nSPS) is 17.8. The van der Waals surface area contributed by atoms with E-state index in [0.29, 0.717) is 30.2 Å². The highest BCUT2D eigenvalue weighted by molar-refractivity contribution is 5.90. The first-order valence-electron chi connectivity index (χ1n) is 6.95. The summed E-state index contributed by atoms with van der Waals surface area (Å²) in [5.41, 5.74) is 0.708. The SMILES string of the molecule is CCC(=O)Nc1ccc(OC)c(OC[C@@H]2CCCO2)c1. The molecule has 0 radical (unpaired) electrons. The quantitative estimate of drug-likeness (QED) is 0.869. The van der Waals surface area contributed by atoms with Crippen molar-refractivity contribution in [3.8, 4) is 11.5 Å². The molecule has 1 aromatic carbocycles. The molecular formula is C15H21NO4. The van der Waals surface area contributed by atoms with Crippen molar-refractivity contribution in [3.05, 3.63) is 18.2 Å². The Morgan fingerprint density at radius 1 is 1.45 bits per heavy atom. The van der Waals surface area contributed by atoms with Crippen molar-refractivity contribution in [2.45, 2.75) is 32.3 Å². The Kier molecular flexibility index (Phi) is 5.24. The number of carbonyl (C=O) groups excluding carboxylic acids is 1.